The van der Waals surface area contributed by atoms with Crippen molar-refractivity contribution < 1.29 is 9.84 Å². The van der Waals surface area contributed by atoms with E-state index in [4.69, 9.17) is 9.84 Å². The second-order valence-corrected chi connectivity index (χ2v) is 2.07. The van der Waals surface area contributed by atoms with Crippen molar-refractivity contribution in [3.8, 4) is 0 Å². The smallest absolute Gasteiger partial charge is 0.154 e. The van der Waals surface area contributed by atoms with E-state index in [1.807, 2.05) is 6.92 Å². The van der Waals surface area contributed by atoms with E-state index in [2.05, 4.69) is 13.2 Å². The molecule has 10 heavy (non-hydrogen) atoms. The van der Waals surface area contributed by atoms with Crippen LogP contribution in [-0.4, -0.2) is 11.2 Å². The molecule has 0 aliphatic carbocycles. The van der Waals surface area contributed by atoms with E-state index in [1.54, 1.807) is 0 Å². The molecule has 0 aromatic carbocycles. The molecule has 0 saturated heterocycles. The second-order valence-electron chi connectivity index (χ2n) is 2.07. The van der Waals surface area contributed by atoms with Crippen molar-refractivity contribution in [1.82, 2.24) is 0 Å². The Morgan fingerprint density at radius 1 is 1.80 bits per heavy atom. The minimum atomic E-state index is -0.275. The van der Waals surface area contributed by atoms with E-state index in [9.17, 15) is 0 Å². The highest BCUT2D eigenvalue weighted by Gasteiger charge is 2.08. The molecule has 0 aromatic heterocycles. The van der Waals surface area contributed by atoms with Crippen LogP contribution < -0.4 is 0 Å². The summed E-state index contributed by atoms with van der Waals surface area (Å²) in [5, 5.41) is 8.91. The highest BCUT2D eigenvalue weighted by Crippen LogP contribution is 2.08. The maximum absolute atomic E-state index is 8.91. The first kappa shape index (κ1) is 9.08. The summed E-state index contributed by atoms with van der Waals surface area (Å²) in [6.45, 7) is 8.78. The van der Waals surface area contributed by atoms with E-state index in [1.165, 1.54) is 6.26 Å². The van der Waals surface area contributed by atoms with Crippen molar-refractivity contribution in [3.05, 3.63) is 25.2 Å². The highest BCUT2D eigenvalue weighted by atomic mass is 16.5. The van der Waals surface area contributed by atoms with Crippen LogP contribution in [0.15, 0.2) is 25.2 Å². The van der Waals surface area contributed by atoms with Crippen LogP contribution >= 0.6 is 0 Å². The first-order valence-corrected chi connectivity index (χ1v) is 3.36. The van der Waals surface area contributed by atoms with Crippen LogP contribution in [0.25, 0.3) is 0 Å². The number of hydrogen-bond acceptors (Lipinski definition) is 2. The number of aliphatic hydroxyl groups excluding tert-OH is 1. The lowest BCUT2D eigenvalue weighted by atomic mass is 10.2. The van der Waals surface area contributed by atoms with Gasteiger partial charge in [-0.05, 0) is 6.42 Å². The number of rotatable bonds is 5. The Bertz CT molecular complexity index is 118. The first-order valence-electron chi connectivity index (χ1n) is 3.36. The van der Waals surface area contributed by atoms with Gasteiger partial charge in [0.1, 0.15) is 5.76 Å². The second kappa shape index (κ2) is 4.91. The van der Waals surface area contributed by atoms with E-state index < -0.39 is 0 Å². The molecule has 0 aliphatic heterocycles. The number of ether oxygens (including phenoxy) is 1. The predicted molar refractivity (Wildman–Crippen MR) is 41.7 cm³/mol. The molecular weight excluding hydrogens is 128 g/mol. The summed E-state index contributed by atoms with van der Waals surface area (Å²) in [6, 6.07) is 0. The van der Waals surface area contributed by atoms with Gasteiger partial charge in [0, 0.05) is 0 Å². The van der Waals surface area contributed by atoms with Gasteiger partial charge < -0.3 is 9.84 Å². The molecule has 2 nitrogen and oxygen atoms in total. The largest absolute Gasteiger partial charge is 0.509 e. The van der Waals surface area contributed by atoms with Gasteiger partial charge in [0.15, 0.2) is 6.10 Å². The molecule has 0 rings (SSSR count). The Morgan fingerprint density at radius 3 is 2.70 bits per heavy atom. The maximum atomic E-state index is 8.91. The summed E-state index contributed by atoms with van der Waals surface area (Å²) in [5.74, 6) is 0.0711. The number of aliphatic hydroxyl groups is 1. The van der Waals surface area contributed by atoms with Crippen molar-refractivity contribution >= 4 is 0 Å². The van der Waals surface area contributed by atoms with Gasteiger partial charge in [0.05, 0.1) is 6.26 Å². The van der Waals surface area contributed by atoms with Gasteiger partial charge in [-0.25, -0.2) is 0 Å². The lowest BCUT2D eigenvalue weighted by Gasteiger charge is -2.12. The van der Waals surface area contributed by atoms with Gasteiger partial charge in [-0.1, -0.05) is 26.5 Å². The van der Waals surface area contributed by atoms with Gasteiger partial charge in [-0.15, -0.1) is 0 Å². The van der Waals surface area contributed by atoms with Gasteiger partial charge in [-0.2, -0.15) is 0 Å². The minimum absolute atomic E-state index is 0.0711. The van der Waals surface area contributed by atoms with Crippen LogP contribution in [0.2, 0.25) is 0 Å². The van der Waals surface area contributed by atoms with E-state index in [0.717, 1.165) is 12.8 Å². The fraction of sp³-hybridized carbons (Fsp3) is 0.500. The van der Waals surface area contributed by atoms with Crippen LogP contribution in [0, 0.1) is 0 Å². The molecule has 0 aliphatic rings. The molecule has 0 amide bonds. The van der Waals surface area contributed by atoms with E-state index in [-0.39, 0.29) is 11.9 Å². The Morgan fingerprint density at radius 2 is 2.40 bits per heavy atom. The highest BCUT2D eigenvalue weighted by molar-refractivity contribution is 4.90. The molecular formula is C8H14O2. The quantitative estimate of drug-likeness (QED) is 0.597. The standard InChI is InChI=1S/C8H14O2/c1-4-6-8(7(3)9)10-5-2/h5,8-9H,2-4,6H2,1H3. The molecule has 1 N–H and O–H groups in total. The maximum Gasteiger partial charge on any atom is 0.154 e. The molecule has 58 valence electrons. The molecule has 0 heterocycles. The molecule has 0 aromatic rings. The fourth-order valence-electron chi connectivity index (χ4n) is 0.692. The zero-order valence-electron chi connectivity index (χ0n) is 6.34. The van der Waals surface area contributed by atoms with E-state index in [0.29, 0.717) is 0 Å². The topological polar surface area (TPSA) is 29.5 Å². The summed E-state index contributed by atoms with van der Waals surface area (Å²) in [6.07, 6.45) is 2.78. The molecule has 1 atom stereocenters. The molecule has 0 radical (unpaired) electrons. The zero-order valence-corrected chi connectivity index (χ0v) is 6.34. The van der Waals surface area contributed by atoms with Gasteiger partial charge in [0.25, 0.3) is 0 Å². The Labute approximate surface area is 61.8 Å². The average molecular weight is 142 g/mol. The molecule has 0 saturated carbocycles. The van der Waals surface area contributed by atoms with Gasteiger partial charge in [-0.3, -0.25) is 0 Å². The van der Waals surface area contributed by atoms with Gasteiger partial charge >= 0.3 is 0 Å². The minimum Gasteiger partial charge on any atom is -0.509 e. The Balaban J connectivity index is 3.71. The van der Waals surface area contributed by atoms with Crippen molar-refractivity contribution in [3.63, 3.8) is 0 Å². The molecule has 0 fully saturated rings. The summed E-state index contributed by atoms with van der Waals surface area (Å²) in [7, 11) is 0. The summed E-state index contributed by atoms with van der Waals surface area (Å²) in [4.78, 5) is 0. The predicted octanol–water partition coefficient (Wildman–Crippen LogP) is 2.39. The van der Waals surface area contributed by atoms with Crippen LogP contribution in [0.4, 0.5) is 0 Å². The van der Waals surface area contributed by atoms with Crippen molar-refractivity contribution in [2.75, 3.05) is 0 Å². The van der Waals surface area contributed by atoms with Crippen molar-refractivity contribution in [2.24, 2.45) is 0 Å². The molecule has 0 spiro atoms. The summed E-state index contributed by atoms with van der Waals surface area (Å²) < 4.78 is 4.96. The Hall–Kier alpha value is -0.920. The third kappa shape index (κ3) is 3.17. The summed E-state index contributed by atoms with van der Waals surface area (Å²) in [5.41, 5.74) is 0. The van der Waals surface area contributed by atoms with Crippen LogP contribution in [0.1, 0.15) is 19.8 Å². The van der Waals surface area contributed by atoms with E-state index >= 15 is 0 Å². The normalized spacial score (nSPS) is 12.1. The zero-order chi connectivity index (χ0) is 7.98. The van der Waals surface area contributed by atoms with Crippen molar-refractivity contribution in [1.29, 1.82) is 0 Å². The lowest BCUT2D eigenvalue weighted by molar-refractivity contribution is 0.122. The number of hydrogen-bond donors (Lipinski definition) is 1. The summed E-state index contributed by atoms with van der Waals surface area (Å²) >= 11 is 0. The lowest BCUT2D eigenvalue weighted by Crippen LogP contribution is -2.11. The molecule has 0 bridgehead atoms. The third-order valence-corrected chi connectivity index (χ3v) is 1.18. The molecule has 1 unspecified atom stereocenters. The SMILES string of the molecule is C=COC(CCC)C(=C)O. The molecule has 2 heteroatoms. The average Bonchev–Trinajstić information content (AvgIpc) is 1.87. The van der Waals surface area contributed by atoms with Crippen LogP contribution in [0.5, 0.6) is 0 Å². The monoisotopic (exact) mass is 142 g/mol. The van der Waals surface area contributed by atoms with Crippen molar-refractivity contribution in [2.45, 2.75) is 25.9 Å². The van der Waals surface area contributed by atoms with Crippen LogP contribution in [-0.2, 0) is 4.74 Å². The Kier molecular flexibility index (Phi) is 4.46. The first-order chi connectivity index (χ1) is 4.72. The fourth-order valence-corrected chi connectivity index (χ4v) is 0.692. The third-order valence-electron chi connectivity index (χ3n) is 1.18. The van der Waals surface area contributed by atoms with Crippen LogP contribution in [0.3, 0.4) is 0 Å². The van der Waals surface area contributed by atoms with Gasteiger partial charge in [0.2, 0.25) is 0 Å².